The van der Waals surface area contributed by atoms with Gasteiger partial charge in [-0.2, -0.15) is 0 Å². The summed E-state index contributed by atoms with van der Waals surface area (Å²) >= 11 is 5.95. The average Bonchev–Trinajstić information content (AvgIpc) is 2.78. The normalized spacial score (nSPS) is 14.2. The lowest BCUT2D eigenvalue weighted by Crippen LogP contribution is -2.32. The minimum Gasteiger partial charge on any atom is -0.461 e. The maximum Gasteiger partial charge on any atom is 0.324 e. The SMILES string of the molecule is O=C(CCCN1C(=O)CNC1=O)OCc1ccccc1Cl. The number of rotatable bonds is 6. The first kappa shape index (κ1) is 15.3. The van der Waals surface area contributed by atoms with Crippen LogP contribution >= 0.6 is 11.6 Å². The third kappa shape index (κ3) is 4.19. The molecule has 7 heteroatoms. The molecule has 6 nitrogen and oxygen atoms in total. The fraction of sp³-hybridized carbons (Fsp3) is 0.357. The number of halogens is 1. The van der Waals surface area contributed by atoms with E-state index in [-0.39, 0.29) is 38.0 Å². The molecule has 2 rings (SSSR count). The predicted molar refractivity (Wildman–Crippen MR) is 75.6 cm³/mol. The number of nitrogens with zero attached hydrogens (tertiary/aromatic N) is 1. The lowest BCUT2D eigenvalue weighted by atomic mass is 10.2. The highest BCUT2D eigenvalue weighted by atomic mass is 35.5. The van der Waals surface area contributed by atoms with Gasteiger partial charge in [0.15, 0.2) is 0 Å². The second kappa shape index (κ2) is 7.08. The zero-order chi connectivity index (χ0) is 15.2. The maximum absolute atomic E-state index is 11.6. The minimum atomic E-state index is -0.413. The minimum absolute atomic E-state index is 0.0236. The Balaban J connectivity index is 1.69. The van der Waals surface area contributed by atoms with Crippen LogP contribution in [0.5, 0.6) is 0 Å². The molecule has 21 heavy (non-hydrogen) atoms. The summed E-state index contributed by atoms with van der Waals surface area (Å²) in [6, 6.07) is 6.70. The van der Waals surface area contributed by atoms with Crippen LogP contribution in [0.3, 0.4) is 0 Å². The molecular formula is C14H15ClN2O4. The Labute approximate surface area is 127 Å². The number of hydrogen-bond acceptors (Lipinski definition) is 4. The Bertz CT molecular complexity index is 546. The third-order valence-electron chi connectivity index (χ3n) is 3.05. The van der Waals surface area contributed by atoms with Crippen molar-refractivity contribution in [2.75, 3.05) is 13.1 Å². The second-order valence-corrected chi connectivity index (χ2v) is 4.97. The number of urea groups is 1. The molecule has 1 aromatic rings. The Hall–Kier alpha value is -2.08. The van der Waals surface area contributed by atoms with Gasteiger partial charge in [-0.15, -0.1) is 0 Å². The highest BCUT2D eigenvalue weighted by Gasteiger charge is 2.27. The van der Waals surface area contributed by atoms with Crippen LogP contribution in [0, 0.1) is 0 Å². The summed E-state index contributed by atoms with van der Waals surface area (Å²) in [6.07, 6.45) is 0.516. The van der Waals surface area contributed by atoms with Gasteiger partial charge < -0.3 is 10.1 Å². The van der Waals surface area contributed by atoms with Gasteiger partial charge in [-0.3, -0.25) is 14.5 Å². The predicted octanol–water partition coefficient (Wildman–Crippen LogP) is 1.72. The van der Waals surface area contributed by atoms with Crippen molar-refractivity contribution in [3.63, 3.8) is 0 Å². The van der Waals surface area contributed by atoms with E-state index < -0.39 is 6.03 Å². The molecule has 0 unspecified atom stereocenters. The van der Waals surface area contributed by atoms with Gasteiger partial charge >= 0.3 is 12.0 Å². The molecule has 1 N–H and O–H groups in total. The number of carbonyl (C=O) groups is 3. The first-order valence-corrected chi connectivity index (χ1v) is 6.93. The van der Waals surface area contributed by atoms with Crippen LogP contribution in [0.1, 0.15) is 18.4 Å². The molecule has 1 aliphatic rings. The van der Waals surface area contributed by atoms with Gasteiger partial charge in [0.2, 0.25) is 5.91 Å². The van der Waals surface area contributed by atoms with Crippen LogP contribution in [0.25, 0.3) is 0 Å². The van der Waals surface area contributed by atoms with Crippen LogP contribution in [-0.4, -0.2) is 35.9 Å². The van der Waals surface area contributed by atoms with Crippen LogP contribution in [0.4, 0.5) is 4.79 Å². The van der Waals surface area contributed by atoms with Crippen molar-refractivity contribution >= 4 is 29.5 Å². The van der Waals surface area contributed by atoms with E-state index in [0.717, 1.165) is 10.5 Å². The lowest BCUT2D eigenvalue weighted by Gasteiger charge is -2.11. The number of nitrogens with one attached hydrogen (secondary N) is 1. The number of amides is 3. The first-order chi connectivity index (χ1) is 10.1. The zero-order valence-corrected chi connectivity index (χ0v) is 12.1. The second-order valence-electron chi connectivity index (χ2n) is 4.56. The van der Waals surface area contributed by atoms with Crippen molar-refractivity contribution in [1.29, 1.82) is 0 Å². The molecule has 1 aliphatic heterocycles. The van der Waals surface area contributed by atoms with Gasteiger partial charge in [0.1, 0.15) is 6.61 Å². The topological polar surface area (TPSA) is 75.7 Å². The molecule has 0 aliphatic carbocycles. The van der Waals surface area contributed by atoms with Crippen LogP contribution in [0.2, 0.25) is 5.02 Å². The zero-order valence-electron chi connectivity index (χ0n) is 11.3. The molecular weight excluding hydrogens is 296 g/mol. The van der Waals surface area contributed by atoms with Crippen molar-refractivity contribution in [2.24, 2.45) is 0 Å². The van der Waals surface area contributed by atoms with Crippen LogP contribution in [-0.2, 0) is 20.9 Å². The fourth-order valence-electron chi connectivity index (χ4n) is 1.91. The monoisotopic (exact) mass is 310 g/mol. The van der Waals surface area contributed by atoms with Crippen molar-refractivity contribution in [1.82, 2.24) is 10.2 Å². The largest absolute Gasteiger partial charge is 0.461 e. The van der Waals surface area contributed by atoms with Crippen molar-refractivity contribution in [3.8, 4) is 0 Å². The molecule has 1 saturated heterocycles. The average molecular weight is 311 g/mol. The summed E-state index contributed by atoms with van der Waals surface area (Å²) in [5.74, 6) is -0.661. The summed E-state index contributed by atoms with van der Waals surface area (Å²) < 4.78 is 5.10. The third-order valence-corrected chi connectivity index (χ3v) is 3.41. The van der Waals surface area contributed by atoms with Crippen LogP contribution < -0.4 is 5.32 Å². The summed E-state index contributed by atoms with van der Waals surface area (Å²) in [6.45, 7) is 0.350. The Morgan fingerprint density at radius 1 is 1.33 bits per heavy atom. The van der Waals surface area contributed by atoms with E-state index in [1.165, 1.54) is 0 Å². The summed E-state index contributed by atoms with van der Waals surface area (Å²) in [7, 11) is 0. The highest BCUT2D eigenvalue weighted by molar-refractivity contribution is 6.31. The summed E-state index contributed by atoms with van der Waals surface area (Å²) in [5.41, 5.74) is 0.738. The molecule has 0 aromatic heterocycles. The number of imide groups is 1. The first-order valence-electron chi connectivity index (χ1n) is 6.55. The number of carbonyl (C=O) groups excluding carboxylic acids is 3. The van der Waals surface area contributed by atoms with E-state index >= 15 is 0 Å². The van der Waals surface area contributed by atoms with Gasteiger partial charge in [0, 0.05) is 23.6 Å². The Kier molecular flexibility index (Phi) is 5.16. The standard InChI is InChI=1S/C14H15ClN2O4/c15-11-5-2-1-4-10(11)9-21-13(19)6-3-7-17-12(18)8-16-14(17)20/h1-2,4-5H,3,6-9H2,(H,16,20). The molecule has 1 heterocycles. The maximum atomic E-state index is 11.6. The van der Waals surface area contributed by atoms with Crippen LogP contribution in [0.15, 0.2) is 24.3 Å². The van der Waals surface area contributed by atoms with E-state index in [2.05, 4.69) is 5.32 Å². The Morgan fingerprint density at radius 3 is 2.76 bits per heavy atom. The van der Waals surface area contributed by atoms with E-state index in [9.17, 15) is 14.4 Å². The molecule has 0 saturated carbocycles. The van der Waals surface area contributed by atoms with Gasteiger partial charge in [-0.25, -0.2) is 4.79 Å². The van der Waals surface area contributed by atoms with E-state index in [1.54, 1.807) is 18.2 Å². The van der Waals surface area contributed by atoms with E-state index in [1.807, 2.05) is 6.07 Å². The summed E-state index contributed by atoms with van der Waals surface area (Å²) in [5, 5.41) is 2.96. The van der Waals surface area contributed by atoms with Crippen molar-refractivity contribution in [2.45, 2.75) is 19.4 Å². The molecule has 1 fully saturated rings. The van der Waals surface area contributed by atoms with Gasteiger partial charge in [0.25, 0.3) is 0 Å². The molecule has 0 radical (unpaired) electrons. The Morgan fingerprint density at radius 2 is 2.10 bits per heavy atom. The molecule has 0 atom stereocenters. The lowest BCUT2D eigenvalue weighted by molar-refractivity contribution is -0.145. The van der Waals surface area contributed by atoms with Crippen molar-refractivity contribution < 1.29 is 19.1 Å². The van der Waals surface area contributed by atoms with Gasteiger partial charge in [-0.1, -0.05) is 29.8 Å². The highest BCUT2D eigenvalue weighted by Crippen LogP contribution is 2.16. The smallest absolute Gasteiger partial charge is 0.324 e. The quantitative estimate of drug-likeness (QED) is 0.641. The van der Waals surface area contributed by atoms with E-state index in [4.69, 9.17) is 16.3 Å². The fourth-order valence-corrected chi connectivity index (χ4v) is 2.10. The van der Waals surface area contributed by atoms with Gasteiger partial charge in [0.05, 0.1) is 6.54 Å². The van der Waals surface area contributed by atoms with Gasteiger partial charge in [-0.05, 0) is 12.5 Å². The van der Waals surface area contributed by atoms with E-state index in [0.29, 0.717) is 11.4 Å². The number of esters is 1. The molecule has 112 valence electrons. The molecule has 0 bridgehead atoms. The number of benzene rings is 1. The summed E-state index contributed by atoms with van der Waals surface area (Å²) in [4.78, 5) is 35.3. The molecule has 0 spiro atoms. The number of ether oxygens (including phenoxy) is 1. The molecule has 3 amide bonds. The molecule has 1 aromatic carbocycles. The van der Waals surface area contributed by atoms with Crippen molar-refractivity contribution in [3.05, 3.63) is 34.9 Å². The number of hydrogen-bond donors (Lipinski definition) is 1.